The van der Waals surface area contributed by atoms with Crippen LogP contribution in [0, 0.1) is 0 Å². The molecule has 1 N–H and O–H groups in total. The summed E-state index contributed by atoms with van der Waals surface area (Å²) in [5, 5.41) is 4.49. The lowest BCUT2D eigenvalue weighted by atomic mass is 10.3. The largest absolute Gasteiger partial charge is 0.326 e. The van der Waals surface area contributed by atoms with Crippen LogP contribution in [-0.2, 0) is 11.2 Å². The van der Waals surface area contributed by atoms with E-state index < -0.39 is 0 Å². The summed E-state index contributed by atoms with van der Waals surface area (Å²) in [6.07, 6.45) is 5.81. The first-order chi connectivity index (χ1) is 10.6. The molecular formula is C15H11Cl2N3OS. The molecule has 4 nitrogen and oxygen atoms in total. The summed E-state index contributed by atoms with van der Waals surface area (Å²) in [5.41, 5.74) is 0.620. The van der Waals surface area contributed by atoms with Gasteiger partial charge in [-0.1, -0.05) is 23.2 Å². The average Bonchev–Trinajstić information content (AvgIpc) is 3.13. The van der Waals surface area contributed by atoms with Crippen molar-refractivity contribution in [1.29, 1.82) is 0 Å². The first-order valence-corrected chi connectivity index (χ1v) is 8.02. The lowest BCUT2D eigenvalue weighted by Crippen LogP contribution is -2.13. The number of carbonyl (C=O) groups is 1. The number of hydrogen-bond acceptors (Lipinski definition) is 3. The van der Waals surface area contributed by atoms with Gasteiger partial charge < -0.3 is 9.88 Å². The van der Waals surface area contributed by atoms with Crippen molar-refractivity contribution in [2.75, 3.05) is 5.32 Å². The van der Waals surface area contributed by atoms with Gasteiger partial charge in [0, 0.05) is 29.2 Å². The minimum absolute atomic E-state index is 0.124. The van der Waals surface area contributed by atoms with Gasteiger partial charge in [-0.3, -0.25) is 4.79 Å². The molecule has 7 heteroatoms. The van der Waals surface area contributed by atoms with Crippen LogP contribution in [0.5, 0.6) is 0 Å². The Kier molecular flexibility index (Phi) is 4.47. The molecule has 22 heavy (non-hydrogen) atoms. The molecule has 1 amide bonds. The van der Waals surface area contributed by atoms with Crippen molar-refractivity contribution >= 4 is 46.1 Å². The van der Waals surface area contributed by atoms with Gasteiger partial charge in [-0.25, -0.2) is 4.98 Å². The standard InChI is InChI=1S/C15H11Cl2N3OS/c16-12-4-3-10(7-13(12)17)19-14(21)8-11-9-18-15(22-11)20-5-1-2-6-20/h1-7,9H,8H2,(H,19,21). The second-order valence-electron chi connectivity index (χ2n) is 4.55. The topological polar surface area (TPSA) is 46.9 Å². The summed E-state index contributed by atoms with van der Waals surface area (Å²) in [7, 11) is 0. The highest BCUT2D eigenvalue weighted by molar-refractivity contribution is 7.14. The SMILES string of the molecule is O=C(Cc1cnc(-n2cccc2)s1)Nc1ccc(Cl)c(Cl)c1. The highest BCUT2D eigenvalue weighted by Gasteiger charge is 2.09. The molecule has 3 rings (SSSR count). The molecule has 2 heterocycles. The van der Waals surface area contributed by atoms with Gasteiger partial charge in [-0.05, 0) is 30.3 Å². The molecule has 3 aromatic rings. The van der Waals surface area contributed by atoms with E-state index in [-0.39, 0.29) is 12.3 Å². The van der Waals surface area contributed by atoms with E-state index in [0.29, 0.717) is 15.7 Å². The number of thiazole rings is 1. The maximum atomic E-state index is 12.1. The number of benzene rings is 1. The van der Waals surface area contributed by atoms with Gasteiger partial charge >= 0.3 is 0 Å². The second-order valence-corrected chi connectivity index (χ2v) is 6.46. The van der Waals surface area contributed by atoms with E-state index in [1.54, 1.807) is 24.4 Å². The van der Waals surface area contributed by atoms with E-state index >= 15 is 0 Å². The van der Waals surface area contributed by atoms with Gasteiger partial charge in [0.2, 0.25) is 5.91 Å². The van der Waals surface area contributed by atoms with Crippen LogP contribution in [0.25, 0.3) is 5.13 Å². The first-order valence-electron chi connectivity index (χ1n) is 6.45. The fourth-order valence-electron chi connectivity index (χ4n) is 1.90. The van der Waals surface area contributed by atoms with Gasteiger partial charge in [0.25, 0.3) is 0 Å². The number of aromatic nitrogens is 2. The third kappa shape index (κ3) is 3.50. The molecule has 112 valence electrons. The maximum absolute atomic E-state index is 12.1. The van der Waals surface area contributed by atoms with Crippen molar-refractivity contribution in [3.8, 4) is 5.13 Å². The van der Waals surface area contributed by atoms with E-state index in [1.807, 2.05) is 29.1 Å². The predicted molar refractivity (Wildman–Crippen MR) is 90.2 cm³/mol. The molecule has 0 spiro atoms. The molecule has 0 aliphatic heterocycles. The molecule has 0 aliphatic rings. The van der Waals surface area contributed by atoms with Crippen LogP contribution in [-0.4, -0.2) is 15.5 Å². The third-order valence-corrected chi connectivity index (χ3v) is 4.65. The molecular weight excluding hydrogens is 341 g/mol. The van der Waals surface area contributed by atoms with E-state index in [1.165, 1.54) is 11.3 Å². The number of halogens is 2. The average molecular weight is 352 g/mol. The highest BCUT2D eigenvalue weighted by Crippen LogP contribution is 2.25. The number of nitrogens with zero attached hydrogens (tertiary/aromatic N) is 2. The number of anilines is 1. The Morgan fingerprint density at radius 3 is 2.73 bits per heavy atom. The summed E-state index contributed by atoms with van der Waals surface area (Å²) >= 11 is 13.2. The lowest BCUT2D eigenvalue weighted by Gasteiger charge is -2.05. The number of carbonyl (C=O) groups excluding carboxylic acids is 1. The quantitative estimate of drug-likeness (QED) is 0.755. The Bertz CT molecular complexity index is 799. The predicted octanol–water partition coefficient (Wildman–Crippen LogP) is 4.42. The van der Waals surface area contributed by atoms with Crippen molar-refractivity contribution in [2.24, 2.45) is 0 Å². The van der Waals surface area contributed by atoms with Crippen LogP contribution < -0.4 is 5.32 Å². The number of amides is 1. The Morgan fingerprint density at radius 2 is 2.00 bits per heavy atom. The Labute approximate surface area is 141 Å². The molecule has 0 saturated carbocycles. The Morgan fingerprint density at radius 1 is 1.23 bits per heavy atom. The van der Waals surface area contributed by atoms with Gasteiger partial charge in [-0.15, -0.1) is 11.3 Å². The van der Waals surface area contributed by atoms with E-state index in [9.17, 15) is 4.79 Å². The number of rotatable bonds is 4. The van der Waals surface area contributed by atoms with Crippen LogP contribution >= 0.6 is 34.5 Å². The minimum Gasteiger partial charge on any atom is -0.326 e. The fourth-order valence-corrected chi connectivity index (χ4v) is 3.07. The molecule has 0 saturated heterocycles. The van der Waals surface area contributed by atoms with Crippen molar-refractivity contribution in [1.82, 2.24) is 9.55 Å². The highest BCUT2D eigenvalue weighted by atomic mass is 35.5. The summed E-state index contributed by atoms with van der Waals surface area (Å²) in [6.45, 7) is 0. The van der Waals surface area contributed by atoms with Crippen LogP contribution in [0.3, 0.4) is 0 Å². The van der Waals surface area contributed by atoms with Gasteiger partial charge in [0.1, 0.15) is 0 Å². The van der Waals surface area contributed by atoms with Gasteiger partial charge in [-0.2, -0.15) is 0 Å². The van der Waals surface area contributed by atoms with Crippen LogP contribution in [0.15, 0.2) is 48.9 Å². The number of hydrogen-bond donors (Lipinski definition) is 1. The number of nitrogens with one attached hydrogen (secondary N) is 1. The summed E-state index contributed by atoms with van der Waals surface area (Å²) in [5.74, 6) is -0.124. The zero-order chi connectivity index (χ0) is 15.5. The van der Waals surface area contributed by atoms with Crippen LogP contribution in [0.1, 0.15) is 4.88 Å². The molecule has 2 aromatic heterocycles. The summed E-state index contributed by atoms with van der Waals surface area (Å²) in [4.78, 5) is 17.3. The van der Waals surface area contributed by atoms with Crippen LogP contribution in [0.4, 0.5) is 5.69 Å². The van der Waals surface area contributed by atoms with E-state index in [2.05, 4.69) is 10.3 Å². The molecule has 0 radical (unpaired) electrons. The molecule has 1 aromatic carbocycles. The van der Waals surface area contributed by atoms with E-state index in [0.717, 1.165) is 10.0 Å². The smallest absolute Gasteiger partial charge is 0.229 e. The molecule has 0 atom stereocenters. The zero-order valence-electron chi connectivity index (χ0n) is 11.3. The molecule has 0 fully saturated rings. The third-order valence-electron chi connectivity index (χ3n) is 2.90. The van der Waals surface area contributed by atoms with Gasteiger partial charge in [0.15, 0.2) is 5.13 Å². The van der Waals surface area contributed by atoms with Crippen molar-refractivity contribution in [3.63, 3.8) is 0 Å². The van der Waals surface area contributed by atoms with Gasteiger partial charge in [0.05, 0.1) is 16.5 Å². The minimum atomic E-state index is -0.124. The maximum Gasteiger partial charge on any atom is 0.229 e. The second kappa shape index (κ2) is 6.52. The van der Waals surface area contributed by atoms with Crippen molar-refractivity contribution < 1.29 is 4.79 Å². The summed E-state index contributed by atoms with van der Waals surface area (Å²) < 4.78 is 1.91. The molecule has 0 unspecified atom stereocenters. The zero-order valence-corrected chi connectivity index (χ0v) is 13.6. The molecule has 0 aliphatic carbocycles. The monoisotopic (exact) mass is 351 g/mol. The fraction of sp³-hybridized carbons (Fsp3) is 0.0667. The van der Waals surface area contributed by atoms with Crippen molar-refractivity contribution in [2.45, 2.75) is 6.42 Å². The lowest BCUT2D eigenvalue weighted by molar-refractivity contribution is -0.115. The normalized spacial score (nSPS) is 10.6. The molecule has 0 bridgehead atoms. The summed E-state index contributed by atoms with van der Waals surface area (Å²) in [6, 6.07) is 8.84. The Hall–Kier alpha value is -1.82. The van der Waals surface area contributed by atoms with Crippen LogP contribution in [0.2, 0.25) is 10.0 Å². The van der Waals surface area contributed by atoms with E-state index in [4.69, 9.17) is 23.2 Å². The Balaban J connectivity index is 1.65. The van der Waals surface area contributed by atoms with Crippen molar-refractivity contribution in [3.05, 3.63) is 63.8 Å². The first kappa shape index (κ1) is 15.1.